The minimum Gasteiger partial charge on any atom is -0.440 e. The van der Waals surface area contributed by atoms with Crippen LogP contribution in [-0.4, -0.2) is 33.8 Å². The van der Waals surface area contributed by atoms with Gasteiger partial charge in [0.25, 0.3) is 0 Å². The number of nitrogens with two attached hydrogens (primary N) is 2. The van der Waals surface area contributed by atoms with Crippen molar-refractivity contribution in [1.82, 2.24) is 9.97 Å². The number of nitrogens with zero attached hydrogens (tertiary/aromatic N) is 2. The van der Waals surface area contributed by atoms with Gasteiger partial charge in [0.05, 0.1) is 22.9 Å². The molecule has 34 heavy (non-hydrogen) atoms. The Morgan fingerprint density at radius 3 is 2.29 bits per heavy atom. The molecule has 2 heterocycles. The quantitative estimate of drug-likeness (QED) is 0.178. The second kappa shape index (κ2) is 7.66. The summed E-state index contributed by atoms with van der Waals surface area (Å²) < 4.78 is 5.87. The zero-order chi connectivity index (χ0) is 24.0. The molecule has 9 nitrogen and oxygen atoms in total. The Balaban J connectivity index is 1.65. The molecule has 1 aromatic heterocycles. The molecule has 0 fully saturated rings. The third kappa shape index (κ3) is 3.39. The number of aromatic amines is 1. The Bertz CT molecular complexity index is 1520. The summed E-state index contributed by atoms with van der Waals surface area (Å²) >= 11 is 0. The Labute approximate surface area is 194 Å². The number of hydrogen-bond donors (Lipinski definition) is 5. The number of aromatic nitrogens is 2. The number of carbonyl (C=O) groups excluding carboxylic acids is 1. The van der Waals surface area contributed by atoms with Gasteiger partial charge in [-0.2, -0.15) is 0 Å². The van der Waals surface area contributed by atoms with Crippen LogP contribution in [0.1, 0.15) is 29.4 Å². The number of amidine groups is 2. The average molecular weight is 451 g/mol. The van der Waals surface area contributed by atoms with Crippen LogP contribution in [0.25, 0.3) is 22.2 Å². The molecular weight excluding hydrogens is 430 g/mol. The lowest BCUT2D eigenvalue weighted by Gasteiger charge is -2.25. The van der Waals surface area contributed by atoms with Crippen LogP contribution in [0, 0.1) is 10.8 Å². The molecule has 7 N–H and O–H groups in total. The van der Waals surface area contributed by atoms with E-state index in [1.54, 1.807) is 36.5 Å². The zero-order valence-corrected chi connectivity index (χ0v) is 18.2. The average Bonchev–Trinajstić information content (AvgIpc) is 3.40. The van der Waals surface area contributed by atoms with Crippen molar-refractivity contribution in [1.29, 1.82) is 10.8 Å². The number of imidazole rings is 1. The standard InChI is InChI=1S/C25H21N7O2/c1-13(33)34-25(24-31-20-9-7-17(23(28)29)11-21(20)32-24)12-30-19-8-6-16(10-18(19)25)14-2-4-15(5-3-14)22(26)27/h2-12H,1H3,(H3,26,27)(H3,28,29)(H,31,32). The zero-order valence-electron chi connectivity index (χ0n) is 18.2. The highest BCUT2D eigenvalue weighted by Crippen LogP contribution is 2.44. The van der Waals surface area contributed by atoms with Gasteiger partial charge in [-0.15, -0.1) is 0 Å². The maximum atomic E-state index is 12.2. The van der Waals surface area contributed by atoms with E-state index in [1.807, 2.05) is 30.3 Å². The van der Waals surface area contributed by atoms with E-state index in [0.29, 0.717) is 39.2 Å². The second-order valence-electron chi connectivity index (χ2n) is 8.04. The number of nitrogens with one attached hydrogen (secondary N) is 3. The van der Waals surface area contributed by atoms with Crippen molar-refractivity contribution >= 4 is 40.6 Å². The maximum absolute atomic E-state index is 12.2. The molecule has 168 valence electrons. The van der Waals surface area contributed by atoms with E-state index >= 15 is 0 Å². The molecule has 0 amide bonds. The van der Waals surface area contributed by atoms with Gasteiger partial charge >= 0.3 is 5.97 Å². The molecule has 3 aromatic carbocycles. The number of ether oxygens (including phenoxy) is 1. The summed E-state index contributed by atoms with van der Waals surface area (Å²) in [6.45, 7) is 1.34. The largest absolute Gasteiger partial charge is 0.440 e. The Kier molecular flexibility index (Phi) is 4.75. The van der Waals surface area contributed by atoms with Gasteiger partial charge in [0.2, 0.25) is 5.60 Å². The van der Waals surface area contributed by atoms with Crippen LogP contribution in [0.3, 0.4) is 0 Å². The fourth-order valence-corrected chi connectivity index (χ4v) is 4.09. The van der Waals surface area contributed by atoms with Crippen LogP contribution >= 0.6 is 0 Å². The highest BCUT2D eigenvalue weighted by Gasteiger charge is 2.44. The first-order valence-corrected chi connectivity index (χ1v) is 10.5. The van der Waals surface area contributed by atoms with Crippen molar-refractivity contribution in [3.63, 3.8) is 0 Å². The van der Waals surface area contributed by atoms with Crippen molar-refractivity contribution in [2.75, 3.05) is 0 Å². The molecule has 0 bridgehead atoms. The number of carbonyl (C=O) groups is 1. The molecular formula is C25H21N7O2. The smallest absolute Gasteiger partial charge is 0.304 e. The van der Waals surface area contributed by atoms with Gasteiger partial charge in [-0.25, -0.2) is 4.98 Å². The molecule has 1 aliphatic rings. The first-order valence-electron chi connectivity index (χ1n) is 10.5. The van der Waals surface area contributed by atoms with Gasteiger partial charge in [-0.05, 0) is 41.5 Å². The molecule has 1 unspecified atom stereocenters. The van der Waals surface area contributed by atoms with Crippen molar-refractivity contribution in [3.05, 3.63) is 83.2 Å². The molecule has 0 radical (unpaired) electrons. The summed E-state index contributed by atoms with van der Waals surface area (Å²) in [4.78, 5) is 24.6. The first-order chi connectivity index (χ1) is 16.3. The minimum atomic E-state index is -1.34. The second-order valence-corrected chi connectivity index (χ2v) is 8.04. The fraction of sp³-hybridized carbons (Fsp3) is 0.0800. The summed E-state index contributed by atoms with van der Waals surface area (Å²) in [6, 6.07) is 18.3. The van der Waals surface area contributed by atoms with Crippen LogP contribution in [0.5, 0.6) is 0 Å². The van der Waals surface area contributed by atoms with Crippen LogP contribution in [-0.2, 0) is 15.1 Å². The summed E-state index contributed by atoms with van der Waals surface area (Å²) in [7, 11) is 0. The van der Waals surface area contributed by atoms with Crippen molar-refractivity contribution < 1.29 is 9.53 Å². The Hall–Kier alpha value is -4.79. The van der Waals surface area contributed by atoms with Crippen LogP contribution in [0.2, 0.25) is 0 Å². The monoisotopic (exact) mass is 451 g/mol. The van der Waals surface area contributed by atoms with Crippen LogP contribution < -0.4 is 11.5 Å². The van der Waals surface area contributed by atoms with E-state index in [9.17, 15) is 4.79 Å². The summed E-state index contributed by atoms with van der Waals surface area (Å²) in [5.41, 5.74) is 15.5. The third-order valence-corrected chi connectivity index (χ3v) is 5.76. The fourth-order valence-electron chi connectivity index (χ4n) is 4.09. The van der Waals surface area contributed by atoms with Crippen LogP contribution in [0.4, 0.5) is 5.69 Å². The molecule has 5 rings (SSSR count). The number of fused-ring (bicyclic) bond motifs is 2. The van der Waals surface area contributed by atoms with E-state index in [4.69, 9.17) is 27.0 Å². The number of H-pyrrole nitrogens is 1. The van der Waals surface area contributed by atoms with Gasteiger partial charge in [0.15, 0.2) is 5.82 Å². The lowest BCUT2D eigenvalue weighted by Crippen LogP contribution is -2.34. The van der Waals surface area contributed by atoms with Gasteiger partial charge < -0.3 is 21.2 Å². The molecule has 1 atom stereocenters. The van der Waals surface area contributed by atoms with Crippen molar-refractivity contribution in [2.24, 2.45) is 16.5 Å². The number of benzene rings is 3. The number of esters is 1. The number of aliphatic imine (C=N–C) groups is 1. The SMILES string of the molecule is CC(=O)OC1(c2nc3cc(C(=N)N)ccc3[nH]2)C=Nc2ccc(-c3ccc(C(=N)N)cc3)cc21. The highest BCUT2D eigenvalue weighted by atomic mass is 16.6. The van der Waals surface area contributed by atoms with E-state index in [1.165, 1.54) is 6.92 Å². The van der Waals surface area contributed by atoms with Gasteiger partial charge in [-0.1, -0.05) is 30.3 Å². The van der Waals surface area contributed by atoms with E-state index in [0.717, 1.165) is 11.1 Å². The first kappa shape index (κ1) is 21.1. The minimum absolute atomic E-state index is 0.000550. The lowest BCUT2D eigenvalue weighted by atomic mass is 9.91. The predicted molar refractivity (Wildman–Crippen MR) is 131 cm³/mol. The third-order valence-electron chi connectivity index (χ3n) is 5.76. The Morgan fingerprint density at radius 2 is 1.62 bits per heavy atom. The topological polar surface area (TPSA) is 167 Å². The maximum Gasteiger partial charge on any atom is 0.304 e. The van der Waals surface area contributed by atoms with E-state index < -0.39 is 11.6 Å². The van der Waals surface area contributed by atoms with Gasteiger partial charge in [0.1, 0.15) is 11.7 Å². The predicted octanol–water partition coefficient (Wildman–Crippen LogP) is 3.32. The van der Waals surface area contributed by atoms with Crippen molar-refractivity contribution in [3.8, 4) is 11.1 Å². The summed E-state index contributed by atoms with van der Waals surface area (Å²) in [6.07, 6.45) is 1.57. The Morgan fingerprint density at radius 1 is 0.941 bits per heavy atom. The van der Waals surface area contributed by atoms with Crippen LogP contribution in [0.15, 0.2) is 65.7 Å². The summed E-state index contributed by atoms with van der Waals surface area (Å²) in [5, 5.41) is 15.3. The number of rotatable bonds is 5. The van der Waals surface area contributed by atoms with Gasteiger partial charge in [0, 0.05) is 23.6 Å². The normalized spacial score (nSPS) is 16.4. The molecule has 0 spiro atoms. The highest BCUT2D eigenvalue weighted by molar-refractivity contribution is 5.98. The number of nitrogen functional groups attached to an aromatic ring is 2. The van der Waals surface area contributed by atoms with E-state index in [2.05, 4.69) is 15.0 Å². The molecule has 9 heteroatoms. The molecule has 0 saturated carbocycles. The molecule has 0 saturated heterocycles. The summed E-state index contributed by atoms with van der Waals surface area (Å²) in [5.74, 6) is -0.152. The number of hydrogen-bond acceptors (Lipinski definition) is 6. The van der Waals surface area contributed by atoms with Gasteiger partial charge in [-0.3, -0.25) is 20.6 Å². The molecule has 1 aliphatic heterocycles. The van der Waals surface area contributed by atoms with E-state index in [-0.39, 0.29) is 11.7 Å². The van der Waals surface area contributed by atoms with Crippen molar-refractivity contribution in [2.45, 2.75) is 12.5 Å². The molecule has 4 aromatic rings. The molecule has 0 aliphatic carbocycles. The lowest BCUT2D eigenvalue weighted by molar-refractivity contribution is -0.148.